The van der Waals surface area contributed by atoms with Crippen molar-refractivity contribution >= 4 is 22.8 Å². The predicted molar refractivity (Wildman–Crippen MR) is 73.1 cm³/mol. The monoisotopic (exact) mass is 291 g/mol. The van der Waals surface area contributed by atoms with Crippen molar-refractivity contribution in [1.82, 2.24) is 5.32 Å². The first-order valence-electron chi connectivity index (χ1n) is 6.08. The van der Waals surface area contributed by atoms with Crippen LogP contribution in [0.5, 0.6) is 0 Å². The summed E-state index contributed by atoms with van der Waals surface area (Å²) < 4.78 is 5.00. The molecule has 0 aliphatic carbocycles. The molecule has 110 valence electrons. The Morgan fingerprint density at radius 3 is 2.67 bits per heavy atom. The SMILES string of the molecule is CC(O)(CNC(=O)c1cc2ccccc2oc1=O)C(=O)O. The lowest BCUT2D eigenvalue weighted by Crippen LogP contribution is -2.47. The quantitative estimate of drug-likeness (QED) is 0.700. The van der Waals surface area contributed by atoms with Crippen molar-refractivity contribution in [2.75, 3.05) is 6.54 Å². The lowest BCUT2D eigenvalue weighted by molar-refractivity contribution is -0.155. The van der Waals surface area contributed by atoms with E-state index in [2.05, 4.69) is 5.32 Å². The second-order valence-corrected chi connectivity index (χ2v) is 4.75. The molecule has 7 nitrogen and oxygen atoms in total. The van der Waals surface area contributed by atoms with E-state index < -0.39 is 29.6 Å². The fraction of sp³-hybridized carbons (Fsp3) is 0.214. The summed E-state index contributed by atoms with van der Waals surface area (Å²) in [6, 6.07) is 8.02. The number of benzene rings is 1. The normalized spacial score (nSPS) is 13.6. The first-order valence-corrected chi connectivity index (χ1v) is 6.08. The van der Waals surface area contributed by atoms with Crippen molar-refractivity contribution in [3.63, 3.8) is 0 Å². The highest BCUT2D eigenvalue weighted by Crippen LogP contribution is 2.12. The van der Waals surface area contributed by atoms with E-state index in [0.717, 1.165) is 6.92 Å². The molecule has 0 aliphatic rings. The van der Waals surface area contributed by atoms with Gasteiger partial charge in [-0.3, -0.25) is 4.79 Å². The molecule has 0 bridgehead atoms. The lowest BCUT2D eigenvalue weighted by atomic mass is 10.1. The van der Waals surface area contributed by atoms with E-state index in [1.165, 1.54) is 6.07 Å². The number of amides is 1. The maximum Gasteiger partial charge on any atom is 0.349 e. The van der Waals surface area contributed by atoms with Crippen molar-refractivity contribution in [3.05, 3.63) is 46.3 Å². The third-order valence-electron chi connectivity index (χ3n) is 2.94. The van der Waals surface area contributed by atoms with Crippen molar-refractivity contribution < 1.29 is 24.2 Å². The second kappa shape index (κ2) is 5.37. The van der Waals surface area contributed by atoms with E-state index in [9.17, 15) is 19.5 Å². The minimum Gasteiger partial charge on any atom is -0.479 e. The third-order valence-corrected chi connectivity index (χ3v) is 2.94. The highest BCUT2D eigenvalue weighted by atomic mass is 16.4. The molecule has 3 N–H and O–H groups in total. The molecular formula is C14H13NO6. The Labute approximate surface area is 118 Å². The smallest absolute Gasteiger partial charge is 0.349 e. The third kappa shape index (κ3) is 3.09. The minimum atomic E-state index is -2.12. The van der Waals surface area contributed by atoms with Crippen molar-refractivity contribution in [1.29, 1.82) is 0 Å². The van der Waals surface area contributed by atoms with Gasteiger partial charge in [-0.05, 0) is 19.1 Å². The summed E-state index contributed by atoms with van der Waals surface area (Å²) in [6.07, 6.45) is 0. The van der Waals surface area contributed by atoms with Gasteiger partial charge in [-0.1, -0.05) is 18.2 Å². The second-order valence-electron chi connectivity index (χ2n) is 4.75. The maximum absolute atomic E-state index is 11.9. The number of rotatable bonds is 4. The van der Waals surface area contributed by atoms with Gasteiger partial charge in [0.1, 0.15) is 11.1 Å². The van der Waals surface area contributed by atoms with Gasteiger partial charge in [0, 0.05) is 5.39 Å². The highest BCUT2D eigenvalue weighted by molar-refractivity contribution is 5.96. The molecule has 2 aromatic rings. The van der Waals surface area contributed by atoms with Crippen molar-refractivity contribution in [2.24, 2.45) is 0 Å². The molecule has 0 saturated carbocycles. The van der Waals surface area contributed by atoms with E-state index >= 15 is 0 Å². The number of carbonyl (C=O) groups is 2. The molecular weight excluding hydrogens is 278 g/mol. The van der Waals surface area contributed by atoms with Gasteiger partial charge in [-0.15, -0.1) is 0 Å². The Hall–Kier alpha value is -2.67. The molecule has 2 rings (SSSR count). The van der Waals surface area contributed by atoms with Gasteiger partial charge in [0.2, 0.25) is 0 Å². The zero-order valence-corrected chi connectivity index (χ0v) is 11.1. The number of carboxylic acid groups (broad SMARTS) is 1. The highest BCUT2D eigenvalue weighted by Gasteiger charge is 2.30. The van der Waals surface area contributed by atoms with Gasteiger partial charge in [0.05, 0.1) is 6.54 Å². The van der Waals surface area contributed by atoms with Gasteiger partial charge in [-0.25, -0.2) is 9.59 Å². The number of carboxylic acids is 1. The average Bonchev–Trinajstić information content (AvgIpc) is 2.44. The van der Waals surface area contributed by atoms with E-state index in [1.807, 2.05) is 0 Å². The number of carbonyl (C=O) groups excluding carboxylic acids is 1. The molecule has 0 radical (unpaired) electrons. The Morgan fingerprint density at radius 1 is 1.33 bits per heavy atom. The van der Waals surface area contributed by atoms with E-state index in [1.54, 1.807) is 24.3 Å². The lowest BCUT2D eigenvalue weighted by Gasteiger charge is -2.18. The largest absolute Gasteiger partial charge is 0.479 e. The number of hydrogen-bond acceptors (Lipinski definition) is 5. The molecule has 7 heteroatoms. The molecule has 21 heavy (non-hydrogen) atoms. The molecule has 0 aliphatic heterocycles. The molecule has 1 aromatic heterocycles. The molecule has 1 aromatic carbocycles. The summed E-state index contributed by atoms with van der Waals surface area (Å²) in [5, 5.41) is 21.0. The van der Waals surface area contributed by atoms with Crippen LogP contribution in [0.2, 0.25) is 0 Å². The summed E-state index contributed by atoms with van der Waals surface area (Å²) in [4.78, 5) is 34.4. The number of fused-ring (bicyclic) bond motifs is 1. The van der Waals surface area contributed by atoms with Crippen LogP contribution in [0.25, 0.3) is 11.0 Å². The van der Waals surface area contributed by atoms with E-state index in [-0.39, 0.29) is 5.56 Å². The average molecular weight is 291 g/mol. The molecule has 1 heterocycles. The number of para-hydroxylation sites is 1. The minimum absolute atomic E-state index is 0.255. The molecule has 1 amide bonds. The Balaban J connectivity index is 2.26. The van der Waals surface area contributed by atoms with Crippen LogP contribution in [0.1, 0.15) is 17.3 Å². The summed E-state index contributed by atoms with van der Waals surface area (Å²) >= 11 is 0. The standard InChI is InChI=1S/C14H13NO6/c1-14(20,13(18)19)7-15-11(16)9-6-8-4-2-3-5-10(8)21-12(9)17/h2-6,20H,7H2,1H3,(H,15,16)(H,18,19). The molecule has 0 saturated heterocycles. The zero-order valence-electron chi connectivity index (χ0n) is 11.1. The van der Waals surface area contributed by atoms with Crippen LogP contribution in [0, 0.1) is 0 Å². The fourth-order valence-corrected chi connectivity index (χ4v) is 1.64. The van der Waals surface area contributed by atoms with E-state index in [0.29, 0.717) is 11.0 Å². The molecule has 0 fully saturated rings. The first kappa shape index (κ1) is 14.7. The first-order chi connectivity index (χ1) is 9.81. The summed E-state index contributed by atoms with van der Waals surface area (Å²) in [6.45, 7) is 0.506. The van der Waals surface area contributed by atoms with Crippen LogP contribution in [-0.4, -0.2) is 34.2 Å². The number of aliphatic hydroxyl groups is 1. The summed E-state index contributed by atoms with van der Waals surface area (Å²) in [5.74, 6) is -2.29. The summed E-state index contributed by atoms with van der Waals surface area (Å²) in [5.41, 5.74) is -2.86. The number of aliphatic carboxylic acids is 1. The molecule has 1 unspecified atom stereocenters. The Kier molecular flexibility index (Phi) is 3.77. The predicted octanol–water partition coefficient (Wildman–Crippen LogP) is 0.358. The topological polar surface area (TPSA) is 117 Å². The van der Waals surface area contributed by atoms with Crippen LogP contribution in [0.4, 0.5) is 0 Å². The summed E-state index contributed by atoms with van der Waals surface area (Å²) in [7, 11) is 0. The van der Waals surface area contributed by atoms with Crippen LogP contribution in [0.15, 0.2) is 39.5 Å². The molecule has 0 spiro atoms. The maximum atomic E-state index is 11.9. The Bertz CT molecular complexity index is 761. The zero-order chi connectivity index (χ0) is 15.6. The van der Waals surface area contributed by atoms with Crippen LogP contribution in [-0.2, 0) is 4.79 Å². The Morgan fingerprint density at radius 2 is 2.00 bits per heavy atom. The van der Waals surface area contributed by atoms with Crippen LogP contribution >= 0.6 is 0 Å². The number of nitrogens with one attached hydrogen (secondary N) is 1. The van der Waals surface area contributed by atoms with Gasteiger partial charge in [0.25, 0.3) is 5.91 Å². The fourth-order valence-electron chi connectivity index (χ4n) is 1.64. The van der Waals surface area contributed by atoms with Gasteiger partial charge < -0.3 is 19.9 Å². The van der Waals surface area contributed by atoms with Gasteiger partial charge in [-0.2, -0.15) is 0 Å². The molecule has 1 atom stereocenters. The van der Waals surface area contributed by atoms with Gasteiger partial charge in [0.15, 0.2) is 5.60 Å². The van der Waals surface area contributed by atoms with Crippen molar-refractivity contribution in [2.45, 2.75) is 12.5 Å². The van der Waals surface area contributed by atoms with Crippen LogP contribution < -0.4 is 10.9 Å². The van der Waals surface area contributed by atoms with Gasteiger partial charge >= 0.3 is 11.6 Å². The van der Waals surface area contributed by atoms with E-state index in [4.69, 9.17) is 9.52 Å². The van der Waals surface area contributed by atoms with Crippen molar-refractivity contribution in [3.8, 4) is 0 Å². The van der Waals surface area contributed by atoms with Crippen LogP contribution in [0.3, 0.4) is 0 Å². The number of hydrogen-bond donors (Lipinski definition) is 3.